The van der Waals surface area contributed by atoms with Gasteiger partial charge in [-0.15, -0.1) is 0 Å². The summed E-state index contributed by atoms with van der Waals surface area (Å²) in [5.74, 6) is -3.27. The van der Waals surface area contributed by atoms with Crippen molar-refractivity contribution in [2.75, 3.05) is 6.61 Å². The van der Waals surface area contributed by atoms with Gasteiger partial charge < -0.3 is 33.2 Å². The van der Waals surface area contributed by atoms with E-state index in [2.05, 4.69) is 0 Å². The number of carbonyl (C=O) groups is 5. The summed E-state index contributed by atoms with van der Waals surface area (Å²) in [5.41, 5.74) is 0.700. The minimum Gasteiger partial charge on any atom is -0.463 e. The predicted octanol–water partition coefficient (Wildman–Crippen LogP) is 0.266. The highest BCUT2D eigenvalue weighted by molar-refractivity contribution is 5.86. The number of carbonyl (C=O) groups excluding carboxylic acids is 5. The molecule has 0 aromatic heterocycles. The maximum absolute atomic E-state index is 11.9. The topological polar surface area (TPSA) is 150 Å². The Labute approximate surface area is 195 Å². The van der Waals surface area contributed by atoms with E-state index in [0.717, 1.165) is 20.8 Å². The van der Waals surface area contributed by atoms with Crippen LogP contribution in [0.3, 0.4) is 0 Å². The molecule has 2 heterocycles. The molecular weight excluding hydrogens is 456 g/mol. The molecule has 0 saturated carbocycles. The first-order valence-corrected chi connectivity index (χ1v) is 10.6. The summed E-state index contributed by atoms with van der Waals surface area (Å²) in [6.45, 7) is 4.24. The Balaban J connectivity index is 1.89. The van der Waals surface area contributed by atoms with E-state index in [9.17, 15) is 24.0 Å². The zero-order valence-electron chi connectivity index (χ0n) is 19.1. The molecule has 34 heavy (non-hydrogen) atoms. The second kappa shape index (κ2) is 10.8. The SMILES string of the molecule is CC(=O)OC[C@H]1O[C@@H](O[C@@H]2C=CC3=CC(=O)O[C@@H]3C2)[C@H](OC(C)=O)[C@@H](OC(C)=O)[C@@H]1OC(C)=O. The van der Waals surface area contributed by atoms with Crippen LogP contribution in [0.4, 0.5) is 0 Å². The van der Waals surface area contributed by atoms with Gasteiger partial charge in [-0.25, -0.2) is 4.79 Å². The lowest BCUT2D eigenvalue weighted by Crippen LogP contribution is -2.63. The summed E-state index contributed by atoms with van der Waals surface area (Å²) < 4.78 is 38.2. The molecule has 3 aliphatic rings. The van der Waals surface area contributed by atoms with Gasteiger partial charge in [0.15, 0.2) is 24.6 Å². The maximum atomic E-state index is 11.9. The Morgan fingerprint density at radius 3 is 2.15 bits per heavy atom. The fourth-order valence-electron chi connectivity index (χ4n) is 3.89. The van der Waals surface area contributed by atoms with Gasteiger partial charge in [0.05, 0.1) is 6.10 Å². The van der Waals surface area contributed by atoms with Gasteiger partial charge >= 0.3 is 29.8 Å². The lowest BCUT2D eigenvalue weighted by Gasteiger charge is -2.44. The lowest BCUT2D eigenvalue weighted by atomic mass is 9.96. The van der Waals surface area contributed by atoms with Crippen molar-refractivity contribution < 1.29 is 57.1 Å². The Kier molecular flexibility index (Phi) is 8.05. The van der Waals surface area contributed by atoms with Crippen LogP contribution in [0.1, 0.15) is 34.1 Å². The van der Waals surface area contributed by atoms with E-state index < -0.39 is 72.8 Å². The van der Waals surface area contributed by atoms with Gasteiger partial charge in [-0.1, -0.05) is 12.2 Å². The van der Waals surface area contributed by atoms with Gasteiger partial charge in [0.25, 0.3) is 0 Å². The molecule has 0 unspecified atom stereocenters. The van der Waals surface area contributed by atoms with Crippen LogP contribution in [0.25, 0.3) is 0 Å². The average Bonchev–Trinajstić information content (AvgIpc) is 3.09. The predicted molar refractivity (Wildman–Crippen MR) is 109 cm³/mol. The summed E-state index contributed by atoms with van der Waals surface area (Å²) in [6, 6.07) is 0. The Morgan fingerprint density at radius 2 is 1.53 bits per heavy atom. The van der Waals surface area contributed by atoms with Gasteiger partial charge in [-0.05, 0) is 5.57 Å². The van der Waals surface area contributed by atoms with Gasteiger partial charge in [0, 0.05) is 40.2 Å². The summed E-state index contributed by atoms with van der Waals surface area (Å²) in [4.78, 5) is 58.4. The van der Waals surface area contributed by atoms with Crippen LogP contribution in [-0.2, 0) is 57.1 Å². The van der Waals surface area contributed by atoms with Gasteiger partial charge in [0.1, 0.15) is 18.8 Å². The highest BCUT2D eigenvalue weighted by Crippen LogP contribution is 2.33. The van der Waals surface area contributed by atoms with Crippen LogP contribution < -0.4 is 0 Å². The van der Waals surface area contributed by atoms with Crippen molar-refractivity contribution in [2.24, 2.45) is 0 Å². The Morgan fingerprint density at radius 1 is 0.912 bits per heavy atom. The van der Waals surface area contributed by atoms with Crippen molar-refractivity contribution in [3.8, 4) is 0 Å². The van der Waals surface area contributed by atoms with E-state index >= 15 is 0 Å². The molecule has 186 valence electrons. The maximum Gasteiger partial charge on any atom is 0.331 e. The standard InChI is InChI=1S/C22H26O12/c1-10(23)28-9-17-19(29-11(2)24)20(30-12(3)25)21(31-13(4)26)22(34-17)32-15-6-5-14-7-18(27)33-16(14)8-15/h5-7,15-17,19-22H,8-9H2,1-4H3/t15-,16-,17-,19-,20+,21-,22-/m1/s1. The largest absolute Gasteiger partial charge is 0.463 e. The van der Waals surface area contributed by atoms with Crippen molar-refractivity contribution in [1.29, 1.82) is 0 Å². The van der Waals surface area contributed by atoms with E-state index in [4.69, 9.17) is 33.2 Å². The van der Waals surface area contributed by atoms with Crippen LogP contribution in [-0.4, -0.2) is 79.4 Å². The van der Waals surface area contributed by atoms with E-state index in [-0.39, 0.29) is 13.0 Å². The third kappa shape index (κ3) is 6.41. The summed E-state index contributed by atoms with van der Waals surface area (Å²) in [5, 5.41) is 0. The number of hydrogen-bond acceptors (Lipinski definition) is 12. The minimum atomic E-state index is -1.32. The highest BCUT2D eigenvalue weighted by atomic mass is 16.7. The number of ether oxygens (including phenoxy) is 7. The third-order valence-corrected chi connectivity index (χ3v) is 5.12. The first kappa shape index (κ1) is 25.4. The molecule has 1 saturated heterocycles. The smallest absolute Gasteiger partial charge is 0.331 e. The van der Waals surface area contributed by atoms with Crippen molar-refractivity contribution in [3.05, 3.63) is 23.8 Å². The summed E-state index contributed by atoms with van der Waals surface area (Å²) in [7, 11) is 0. The Hall–Kier alpha value is -3.25. The van der Waals surface area contributed by atoms with Gasteiger partial charge in [0.2, 0.25) is 0 Å². The third-order valence-electron chi connectivity index (χ3n) is 5.12. The van der Waals surface area contributed by atoms with Crippen LogP contribution >= 0.6 is 0 Å². The molecule has 3 rings (SSSR count). The first-order chi connectivity index (χ1) is 16.0. The summed E-state index contributed by atoms with van der Waals surface area (Å²) in [6.07, 6.45) is -2.47. The molecule has 0 amide bonds. The summed E-state index contributed by atoms with van der Waals surface area (Å²) >= 11 is 0. The highest BCUT2D eigenvalue weighted by Gasteiger charge is 2.53. The molecule has 2 aliphatic heterocycles. The van der Waals surface area contributed by atoms with E-state index in [1.54, 1.807) is 12.2 Å². The molecule has 0 aromatic rings. The zero-order valence-corrected chi connectivity index (χ0v) is 19.1. The van der Waals surface area contributed by atoms with Crippen LogP contribution in [0, 0.1) is 0 Å². The van der Waals surface area contributed by atoms with Crippen LogP contribution in [0.2, 0.25) is 0 Å². The molecule has 0 aromatic carbocycles. The molecule has 0 spiro atoms. The molecule has 12 nitrogen and oxygen atoms in total. The number of esters is 5. The molecule has 0 bridgehead atoms. The van der Waals surface area contributed by atoms with Crippen molar-refractivity contribution in [3.63, 3.8) is 0 Å². The molecule has 0 radical (unpaired) electrons. The van der Waals surface area contributed by atoms with Crippen molar-refractivity contribution in [2.45, 2.75) is 77.0 Å². The second-order valence-corrected chi connectivity index (χ2v) is 7.91. The van der Waals surface area contributed by atoms with E-state index in [1.165, 1.54) is 13.0 Å². The molecule has 0 N–H and O–H groups in total. The number of fused-ring (bicyclic) bond motifs is 1. The second-order valence-electron chi connectivity index (χ2n) is 7.91. The van der Waals surface area contributed by atoms with E-state index in [1.807, 2.05) is 0 Å². The van der Waals surface area contributed by atoms with E-state index in [0.29, 0.717) is 5.57 Å². The normalized spacial score (nSPS) is 32.1. The number of hydrogen-bond donors (Lipinski definition) is 0. The fraction of sp³-hybridized carbons (Fsp3) is 0.591. The lowest BCUT2D eigenvalue weighted by molar-refractivity contribution is -0.314. The quantitative estimate of drug-likeness (QED) is 0.362. The first-order valence-electron chi connectivity index (χ1n) is 10.6. The zero-order chi connectivity index (χ0) is 25.0. The molecule has 7 atom stereocenters. The van der Waals surface area contributed by atoms with Crippen molar-refractivity contribution in [1.82, 2.24) is 0 Å². The molecular formula is C22H26O12. The van der Waals surface area contributed by atoms with Gasteiger partial charge in [-0.3, -0.25) is 19.2 Å². The molecule has 1 fully saturated rings. The van der Waals surface area contributed by atoms with Gasteiger partial charge in [-0.2, -0.15) is 0 Å². The molecule has 12 heteroatoms. The number of rotatable bonds is 7. The molecule has 1 aliphatic carbocycles. The monoisotopic (exact) mass is 482 g/mol. The average molecular weight is 482 g/mol. The van der Waals surface area contributed by atoms with Crippen LogP contribution in [0.5, 0.6) is 0 Å². The Bertz CT molecular complexity index is 906. The minimum absolute atomic E-state index is 0.265. The van der Waals surface area contributed by atoms with Crippen molar-refractivity contribution >= 4 is 29.8 Å². The van der Waals surface area contributed by atoms with Crippen LogP contribution in [0.15, 0.2) is 23.8 Å². The fourth-order valence-corrected chi connectivity index (χ4v) is 3.89.